The van der Waals surface area contributed by atoms with E-state index in [1.165, 1.54) is 6.07 Å². The molecule has 1 aliphatic rings. The average molecular weight is 482 g/mol. The minimum atomic E-state index is -0.834. The number of anilines is 2. The molecule has 3 aromatic heterocycles. The molecule has 10 nitrogen and oxygen atoms in total. The predicted octanol–water partition coefficient (Wildman–Crippen LogP) is 1.66. The number of aromatic amines is 2. The summed E-state index contributed by atoms with van der Waals surface area (Å²) in [4.78, 5) is 28.8. The monoisotopic (exact) mass is 482 g/mol. The Kier molecular flexibility index (Phi) is 5.91. The summed E-state index contributed by atoms with van der Waals surface area (Å²) >= 11 is 0. The van der Waals surface area contributed by atoms with Crippen LogP contribution in [-0.4, -0.2) is 74.5 Å². The van der Waals surface area contributed by atoms with Gasteiger partial charge in [0.2, 0.25) is 0 Å². The van der Waals surface area contributed by atoms with Gasteiger partial charge in [0.15, 0.2) is 5.82 Å². The van der Waals surface area contributed by atoms with Gasteiger partial charge < -0.3 is 20.7 Å². The SMILES string of the molecule is Cc1nc(-c2c(-c3c(F)cccc3F)[nH]c(=O)c3c(N)n[nH]c23)cc(N2CCN(CCO)CC2)n1. The molecule has 1 saturated heterocycles. The van der Waals surface area contributed by atoms with Gasteiger partial charge in [0, 0.05) is 38.8 Å². The second-order valence-electron chi connectivity index (χ2n) is 8.37. The summed E-state index contributed by atoms with van der Waals surface area (Å²) in [5.74, 6) is -0.612. The molecule has 4 aromatic rings. The van der Waals surface area contributed by atoms with Gasteiger partial charge in [-0.2, -0.15) is 5.10 Å². The molecular formula is C23H24F2N8O2. The van der Waals surface area contributed by atoms with E-state index in [0.29, 0.717) is 37.0 Å². The van der Waals surface area contributed by atoms with E-state index in [4.69, 9.17) is 5.73 Å². The van der Waals surface area contributed by atoms with Crippen LogP contribution in [0.25, 0.3) is 33.4 Å². The molecule has 5 N–H and O–H groups in total. The van der Waals surface area contributed by atoms with E-state index in [9.17, 15) is 18.7 Å². The molecule has 0 spiro atoms. The normalized spacial score (nSPS) is 14.7. The van der Waals surface area contributed by atoms with Gasteiger partial charge in [-0.15, -0.1) is 0 Å². The number of piperazine rings is 1. The Labute approximate surface area is 198 Å². The number of rotatable bonds is 5. The van der Waals surface area contributed by atoms with Crippen LogP contribution < -0.4 is 16.2 Å². The van der Waals surface area contributed by atoms with Crippen LogP contribution in [0.2, 0.25) is 0 Å². The molecule has 12 heteroatoms. The van der Waals surface area contributed by atoms with E-state index < -0.39 is 17.2 Å². The van der Waals surface area contributed by atoms with Gasteiger partial charge >= 0.3 is 0 Å². The summed E-state index contributed by atoms with van der Waals surface area (Å²) in [5, 5.41) is 16.0. The molecule has 0 unspecified atom stereocenters. The molecule has 1 aromatic carbocycles. The first-order valence-electron chi connectivity index (χ1n) is 11.2. The maximum Gasteiger partial charge on any atom is 0.261 e. The van der Waals surface area contributed by atoms with Gasteiger partial charge in [-0.25, -0.2) is 18.7 Å². The summed E-state index contributed by atoms with van der Waals surface area (Å²) in [6.45, 7) is 5.31. The van der Waals surface area contributed by atoms with Gasteiger partial charge in [-0.05, 0) is 19.1 Å². The molecule has 0 saturated carbocycles. The number of fused-ring (bicyclic) bond motifs is 1. The van der Waals surface area contributed by atoms with E-state index >= 15 is 0 Å². The van der Waals surface area contributed by atoms with Gasteiger partial charge in [-0.1, -0.05) is 6.07 Å². The Morgan fingerprint density at radius 3 is 2.51 bits per heavy atom. The van der Waals surface area contributed by atoms with Crippen molar-refractivity contribution in [2.75, 3.05) is 50.0 Å². The quantitative estimate of drug-likeness (QED) is 0.337. The number of H-pyrrole nitrogens is 2. The first-order chi connectivity index (χ1) is 16.9. The number of aromatic nitrogens is 5. The van der Waals surface area contributed by atoms with Crippen LogP contribution in [0.1, 0.15) is 5.82 Å². The van der Waals surface area contributed by atoms with E-state index in [0.717, 1.165) is 25.2 Å². The fourth-order valence-electron chi connectivity index (χ4n) is 4.49. The lowest BCUT2D eigenvalue weighted by molar-refractivity contribution is 0.188. The largest absolute Gasteiger partial charge is 0.395 e. The smallest absolute Gasteiger partial charge is 0.261 e. The Bertz CT molecular complexity index is 1440. The molecule has 182 valence electrons. The molecular weight excluding hydrogens is 458 g/mol. The first kappa shape index (κ1) is 22.9. The number of aliphatic hydroxyl groups excluding tert-OH is 1. The maximum absolute atomic E-state index is 14.8. The van der Waals surface area contributed by atoms with Gasteiger partial charge in [0.05, 0.1) is 34.6 Å². The molecule has 1 fully saturated rings. The maximum atomic E-state index is 14.8. The summed E-state index contributed by atoms with van der Waals surface area (Å²) in [5.41, 5.74) is 5.67. The number of nitrogens with one attached hydrogen (secondary N) is 2. The Morgan fingerprint density at radius 1 is 1.11 bits per heavy atom. The predicted molar refractivity (Wildman–Crippen MR) is 128 cm³/mol. The molecule has 5 rings (SSSR count). The highest BCUT2D eigenvalue weighted by atomic mass is 19.1. The summed E-state index contributed by atoms with van der Waals surface area (Å²) in [7, 11) is 0. The number of pyridine rings is 1. The zero-order valence-electron chi connectivity index (χ0n) is 19.0. The van der Waals surface area contributed by atoms with Crippen LogP contribution in [0.4, 0.5) is 20.4 Å². The van der Waals surface area contributed by atoms with Crippen molar-refractivity contribution < 1.29 is 13.9 Å². The topological polar surface area (TPSA) is 140 Å². The number of nitrogens with zero attached hydrogens (tertiary/aromatic N) is 5. The fraction of sp³-hybridized carbons (Fsp3) is 0.304. The van der Waals surface area contributed by atoms with Crippen molar-refractivity contribution >= 4 is 22.5 Å². The van der Waals surface area contributed by atoms with Crippen LogP contribution in [0.3, 0.4) is 0 Å². The zero-order chi connectivity index (χ0) is 24.7. The third-order valence-electron chi connectivity index (χ3n) is 6.17. The number of nitrogens with two attached hydrogens (primary N) is 1. The number of benzene rings is 1. The van der Waals surface area contributed by atoms with Crippen LogP contribution in [0.5, 0.6) is 0 Å². The van der Waals surface area contributed by atoms with Crippen molar-refractivity contribution in [2.24, 2.45) is 0 Å². The molecule has 0 bridgehead atoms. The van der Waals surface area contributed by atoms with E-state index in [1.807, 2.05) is 0 Å². The summed E-state index contributed by atoms with van der Waals surface area (Å²) in [6.07, 6.45) is 0. The van der Waals surface area contributed by atoms with E-state index in [2.05, 4.69) is 34.9 Å². The second kappa shape index (κ2) is 9.04. The van der Waals surface area contributed by atoms with Gasteiger partial charge in [0.1, 0.15) is 28.7 Å². The number of hydrogen-bond donors (Lipinski definition) is 4. The minimum absolute atomic E-state index is 0.0333. The highest BCUT2D eigenvalue weighted by molar-refractivity contribution is 6.03. The molecule has 1 aliphatic heterocycles. The van der Waals surface area contributed by atoms with Crippen LogP contribution in [0.15, 0.2) is 29.1 Å². The number of aliphatic hydroxyl groups is 1. The lowest BCUT2D eigenvalue weighted by atomic mass is 9.99. The van der Waals surface area contributed by atoms with Crippen molar-refractivity contribution in [2.45, 2.75) is 6.92 Å². The first-order valence-corrected chi connectivity index (χ1v) is 11.2. The summed E-state index contributed by atoms with van der Waals surface area (Å²) < 4.78 is 29.7. The number of nitrogen functional groups attached to an aromatic ring is 1. The third-order valence-corrected chi connectivity index (χ3v) is 6.17. The Morgan fingerprint density at radius 2 is 1.83 bits per heavy atom. The molecule has 35 heavy (non-hydrogen) atoms. The van der Waals surface area contributed by atoms with Crippen molar-refractivity contribution in [1.82, 2.24) is 30.0 Å². The fourth-order valence-corrected chi connectivity index (χ4v) is 4.49. The second-order valence-corrected chi connectivity index (χ2v) is 8.37. The third kappa shape index (κ3) is 4.10. The van der Waals surface area contributed by atoms with Crippen LogP contribution >= 0.6 is 0 Å². The van der Waals surface area contributed by atoms with Crippen molar-refractivity contribution in [3.05, 3.63) is 52.1 Å². The Balaban J connectivity index is 1.70. The lowest BCUT2D eigenvalue weighted by Gasteiger charge is -2.35. The van der Waals surface area contributed by atoms with Gasteiger partial charge in [0.25, 0.3) is 5.56 Å². The van der Waals surface area contributed by atoms with Crippen molar-refractivity contribution in [1.29, 1.82) is 0 Å². The highest BCUT2D eigenvalue weighted by Crippen LogP contribution is 2.37. The van der Waals surface area contributed by atoms with Crippen molar-refractivity contribution in [3.8, 4) is 22.5 Å². The standard InChI is InChI=1S/C23H24F2N8O2/c1-12-27-15(11-16(28-12)33-7-5-32(6-8-33)9-10-34)18-20(17-13(24)3-2-4-14(17)25)29-23(35)19-21(18)30-31-22(19)26/h2-4,11,34H,5-10H2,1H3,(H,29,35)(H3,26,30,31). The minimum Gasteiger partial charge on any atom is -0.395 e. The number of β-amino-alcohol motifs (C(OH)–C–C–N with tert-alkyl or cyclic N) is 1. The molecule has 0 aliphatic carbocycles. The van der Waals surface area contributed by atoms with E-state index in [1.54, 1.807) is 13.0 Å². The number of halogens is 2. The molecule has 0 radical (unpaired) electrons. The Hall–Kier alpha value is -3.90. The van der Waals surface area contributed by atoms with Crippen LogP contribution in [0, 0.1) is 18.6 Å². The lowest BCUT2D eigenvalue weighted by Crippen LogP contribution is -2.47. The number of aryl methyl sites for hydroxylation is 1. The average Bonchev–Trinajstić information content (AvgIpc) is 3.21. The molecule has 0 atom stereocenters. The zero-order valence-corrected chi connectivity index (χ0v) is 19.0. The summed E-state index contributed by atoms with van der Waals surface area (Å²) in [6, 6.07) is 5.21. The van der Waals surface area contributed by atoms with E-state index in [-0.39, 0.29) is 40.1 Å². The van der Waals surface area contributed by atoms with Crippen LogP contribution in [-0.2, 0) is 0 Å². The molecule has 0 amide bonds. The van der Waals surface area contributed by atoms with Gasteiger partial charge in [-0.3, -0.25) is 14.8 Å². The number of hydrogen-bond acceptors (Lipinski definition) is 8. The highest BCUT2D eigenvalue weighted by Gasteiger charge is 2.25. The van der Waals surface area contributed by atoms with Crippen molar-refractivity contribution in [3.63, 3.8) is 0 Å². The molecule has 4 heterocycles.